The highest BCUT2D eigenvalue weighted by molar-refractivity contribution is 9.10. The molecule has 1 aromatic carbocycles. The summed E-state index contributed by atoms with van der Waals surface area (Å²) >= 11 is 3.28. The maximum atomic E-state index is 11.6. The first kappa shape index (κ1) is 12.0. The van der Waals surface area contributed by atoms with Crippen molar-refractivity contribution in [1.82, 2.24) is 5.32 Å². The van der Waals surface area contributed by atoms with E-state index in [1.165, 1.54) is 0 Å². The molecule has 0 saturated heterocycles. The summed E-state index contributed by atoms with van der Waals surface area (Å²) in [6.07, 6.45) is 0.766. The fourth-order valence-electron chi connectivity index (χ4n) is 1.14. The summed E-state index contributed by atoms with van der Waals surface area (Å²) in [6, 6.07) is 5.18. The van der Waals surface area contributed by atoms with Gasteiger partial charge in [0.1, 0.15) is 0 Å². The smallest absolute Gasteiger partial charge is 0.253 e. The minimum atomic E-state index is -0.159. The molecule has 1 amide bonds. The van der Waals surface area contributed by atoms with Crippen LogP contribution < -0.4 is 16.8 Å². The number of nitrogens with one attached hydrogen (secondary N) is 1. The van der Waals surface area contributed by atoms with Gasteiger partial charge in [-0.25, -0.2) is 0 Å². The maximum absolute atomic E-state index is 11.6. The summed E-state index contributed by atoms with van der Waals surface area (Å²) in [5, 5.41) is 2.75. The Morgan fingerprint density at radius 1 is 1.47 bits per heavy atom. The lowest BCUT2D eigenvalue weighted by molar-refractivity contribution is 0.0954. The molecule has 1 rings (SSSR count). The zero-order valence-electron chi connectivity index (χ0n) is 8.29. The predicted molar refractivity (Wildman–Crippen MR) is 64.6 cm³/mol. The minimum Gasteiger partial charge on any atom is -0.398 e. The van der Waals surface area contributed by atoms with Crippen molar-refractivity contribution in [2.45, 2.75) is 6.42 Å². The molecule has 4 nitrogen and oxygen atoms in total. The van der Waals surface area contributed by atoms with Crippen LogP contribution in [0.5, 0.6) is 0 Å². The monoisotopic (exact) mass is 271 g/mol. The van der Waals surface area contributed by atoms with Gasteiger partial charge in [-0.2, -0.15) is 0 Å². The van der Waals surface area contributed by atoms with Crippen LogP contribution in [-0.2, 0) is 0 Å². The number of carbonyl (C=O) groups excluding carboxylic acids is 1. The third-order valence-electron chi connectivity index (χ3n) is 1.92. The Balaban J connectivity index is 2.65. The summed E-state index contributed by atoms with van der Waals surface area (Å²) in [6.45, 7) is 1.14. The molecule has 82 valence electrons. The third-order valence-corrected chi connectivity index (χ3v) is 2.42. The van der Waals surface area contributed by atoms with Gasteiger partial charge in [0, 0.05) is 16.7 Å². The molecule has 0 saturated carbocycles. The van der Waals surface area contributed by atoms with Gasteiger partial charge in [0.25, 0.3) is 5.91 Å². The molecule has 5 N–H and O–H groups in total. The first-order valence-corrected chi connectivity index (χ1v) is 5.47. The third kappa shape index (κ3) is 3.53. The molecule has 0 fully saturated rings. The molecule has 0 spiro atoms. The lowest BCUT2D eigenvalue weighted by atomic mass is 10.1. The first-order valence-electron chi connectivity index (χ1n) is 4.68. The van der Waals surface area contributed by atoms with Crippen LogP contribution >= 0.6 is 15.9 Å². The Morgan fingerprint density at radius 3 is 2.80 bits per heavy atom. The molecule has 0 aliphatic rings. The van der Waals surface area contributed by atoms with Gasteiger partial charge in [0.15, 0.2) is 0 Å². The van der Waals surface area contributed by atoms with Crippen molar-refractivity contribution in [3.05, 3.63) is 28.2 Å². The average molecular weight is 272 g/mol. The van der Waals surface area contributed by atoms with E-state index in [9.17, 15) is 4.79 Å². The van der Waals surface area contributed by atoms with Crippen molar-refractivity contribution in [2.24, 2.45) is 5.73 Å². The van der Waals surface area contributed by atoms with Crippen LogP contribution in [0.3, 0.4) is 0 Å². The largest absolute Gasteiger partial charge is 0.398 e. The van der Waals surface area contributed by atoms with E-state index in [2.05, 4.69) is 21.2 Å². The minimum absolute atomic E-state index is 0.159. The number of nitrogens with two attached hydrogens (primary N) is 2. The molecule has 0 bridgehead atoms. The van der Waals surface area contributed by atoms with Gasteiger partial charge >= 0.3 is 0 Å². The van der Waals surface area contributed by atoms with Gasteiger partial charge in [-0.05, 0) is 31.2 Å². The summed E-state index contributed by atoms with van der Waals surface area (Å²) < 4.78 is 0.860. The lowest BCUT2D eigenvalue weighted by Crippen LogP contribution is -2.26. The number of hydrogen-bond donors (Lipinski definition) is 3. The SMILES string of the molecule is NCCCNC(=O)c1ccc(Br)cc1N. The van der Waals surface area contributed by atoms with Crippen LogP contribution in [0.1, 0.15) is 16.8 Å². The Hall–Kier alpha value is -1.07. The number of benzene rings is 1. The Morgan fingerprint density at radius 2 is 2.20 bits per heavy atom. The van der Waals surface area contributed by atoms with Crippen molar-refractivity contribution in [3.63, 3.8) is 0 Å². The standard InChI is InChI=1S/C10H14BrN3O/c11-7-2-3-8(9(13)6-7)10(15)14-5-1-4-12/h2-3,6H,1,4-5,12-13H2,(H,14,15). The molecule has 0 heterocycles. The first-order chi connectivity index (χ1) is 7.15. The predicted octanol–water partition coefficient (Wildman–Crippen LogP) is 1.11. The van der Waals surface area contributed by atoms with Gasteiger partial charge in [0.2, 0.25) is 0 Å². The van der Waals surface area contributed by atoms with Crippen LogP contribution in [0.4, 0.5) is 5.69 Å². The topological polar surface area (TPSA) is 81.1 Å². The van der Waals surface area contributed by atoms with E-state index < -0.39 is 0 Å². The number of amides is 1. The Bertz CT molecular complexity index is 355. The van der Waals surface area contributed by atoms with Gasteiger partial charge in [-0.1, -0.05) is 15.9 Å². The van der Waals surface area contributed by atoms with Crippen molar-refractivity contribution in [1.29, 1.82) is 0 Å². The van der Waals surface area contributed by atoms with Crippen LogP contribution in [0.15, 0.2) is 22.7 Å². The molecule has 0 unspecified atom stereocenters. The molecule has 0 atom stereocenters. The van der Waals surface area contributed by atoms with Crippen molar-refractivity contribution in [3.8, 4) is 0 Å². The maximum Gasteiger partial charge on any atom is 0.253 e. The Kier molecular flexibility index (Phi) is 4.58. The van der Waals surface area contributed by atoms with Gasteiger partial charge in [-0.3, -0.25) is 4.79 Å². The highest BCUT2D eigenvalue weighted by atomic mass is 79.9. The molecule has 0 aromatic heterocycles. The van der Waals surface area contributed by atoms with Crippen molar-refractivity contribution in [2.75, 3.05) is 18.8 Å². The highest BCUT2D eigenvalue weighted by Gasteiger charge is 2.08. The number of hydrogen-bond acceptors (Lipinski definition) is 3. The number of rotatable bonds is 4. The van der Waals surface area contributed by atoms with E-state index >= 15 is 0 Å². The molecule has 15 heavy (non-hydrogen) atoms. The Labute approximate surface area is 97.1 Å². The molecule has 5 heteroatoms. The summed E-state index contributed by atoms with van der Waals surface area (Å²) in [4.78, 5) is 11.6. The fraction of sp³-hybridized carbons (Fsp3) is 0.300. The van der Waals surface area contributed by atoms with Crippen LogP contribution in [-0.4, -0.2) is 19.0 Å². The van der Waals surface area contributed by atoms with E-state index in [1.54, 1.807) is 18.2 Å². The van der Waals surface area contributed by atoms with E-state index in [0.29, 0.717) is 24.3 Å². The number of halogens is 1. The fourth-order valence-corrected chi connectivity index (χ4v) is 1.52. The van der Waals surface area contributed by atoms with Gasteiger partial charge in [0.05, 0.1) is 5.56 Å². The summed E-state index contributed by atoms with van der Waals surface area (Å²) in [5.74, 6) is -0.159. The summed E-state index contributed by atoms with van der Waals surface area (Å²) in [5.41, 5.74) is 12.0. The van der Waals surface area contributed by atoms with E-state index in [1.807, 2.05) is 0 Å². The van der Waals surface area contributed by atoms with Gasteiger partial charge < -0.3 is 16.8 Å². The van der Waals surface area contributed by atoms with E-state index in [4.69, 9.17) is 11.5 Å². The number of anilines is 1. The zero-order valence-corrected chi connectivity index (χ0v) is 9.88. The van der Waals surface area contributed by atoms with Crippen LogP contribution in [0, 0.1) is 0 Å². The second-order valence-corrected chi connectivity index (χ2v) is 4.05. The molecular weight excluding hydrogens is 258 g/mol. The average Bonchev–Trinajstić information content (AvgIpc) is 2.17. The number of carbonyl (C=O) groups is 1. The molecular formula is C10H14BrN3O. The zero-order chi connectivity index (χ0) is 11.3. The van der Waals surface area contributed by atoms with Crippen molar-refractivity contribution < 1.29 is 4.79 Å². The normalized spacial score (nSPS) is 10.0. The second-order valence-electron chi connectivity index (χ2n) is 3.13. The number of nitrogen functional groups attached to an aromatic ring is 1. The molecule has 1 aromatic rings. The van der Waals surface area contributed by atoms with Gasteiger partial charge in [-0.15, -0.1) is 0 Å². The van der Waals surface area contributed by atoms with E-state index in [0.717, 1.165) is 10.9 Å². The summed E-state index contributed by atoms with van der Waals surface area (Å²) in [7, 11) is 0. The van der Waals surface area contributed by atoms with Crippen LogP contribution in [0.25, 0.3) is 0 Å². The van der Waals surface area contributed by atoms with Crippen molar-refractivity contribution >= 4 is 27.5 Å². The quantitative estimate of drug-likeness (QED) is 0.567. The second kappa shape index (κ2) is 5.72. The molecule has 0 aliphatic carbocycles. The van der Waals surface area contributed by atoms with E-state index in [-0.39, 0.29) is 5.91 Å². The lowest BCUT2D eigenvalue weighted by Gasteiger charge is -2.07. The molecule has 0 radical (unpaired) electrons. The molecule has 0 aliphatic heterocycles. The highest BCUT2D eigenvalue weighted by Crippen LogP contribution is 2.18. The van der Waals surface area contributed by atoms with Crippen LogP contribution in [0.2, 0.25) is 0 Å².